The standard InChI is InChI=1S/C28H35NO7/c1-15-13-20-25(26(30)22(15)27(31)35-5)24(19-12-11-18(33-3)14-21(19)34-4)23(16(2)29-20)28(32)36-17-9-7-6-8-10-17/h11-12,14-15,17,22,24,29H,6-10,13H2,1-5H3/t15-,22-,24+/m0/s1. The average Bonchev–Trinajstić information content (AvgIpc) is 2.87. The minimum atomic E-state index is -0.948. The lowest BCUT2D eigenvalue weighted by Gasteiger charge is -2.39. The second-order valence-electron chi connectivity index (χ2n) is 9.81. The molecule has 3 atom stereocenters. The number of allylic oxidation sites excluding steroid dienone is 3. The first kappa shape index (κ1) is 25.8. The van der Waals surface area contributed by atoms with Crippen LogP contribution >= 0.6 is 0 Å². The van der Waals surface area contributed by atoms with Crippen LogP contribution in [0.1, 0.15) is 63.9 Å². The number of hydrogen-bond donors (Lipinski definition) is 1. The van der Waals surface area contributed by atoms with Crippen LogP contribution in [0.5, 0.6) is 11.5 Å². The predicted octanol–water partition coefficient (Wildman–Crippen LogP) is 4.19. The molecular weight excluding hydrogens is 462 g/mol. The fraction of sp³-hybridized carbons (Fsp3) is 0.536. The second-order valence-corrected chi connectivity index (χ2v) is 9.81. The molecule has 8 heteroatoms. The van der Waals surface area contributed by atoms with Crippen molar-refractivity contribution in [1.29, 1.82) is 0 Å². The maximum absolute atomic E-state index is 13.9. The van der Waals surface area contributed by atoms with E-state index in [0.29, 0.717) is 46.0 Å². The number of carbonyl (C=O) groups is 3. The number of carbonyl (C=O) groups excluding carboxylic acids is 3. The van der Waals surface area contributed by atoms with Crippen molar-refractivity contribution in [2.75, 3.05) is 21.3 Å². The summed E-state index contributed by atoms with van der Waals surface area (Å²) in [6.45, 7) is 3.69. The van der Waals surface area contributed by atoms with Crippen molar-refractivity contribution in [1.82, 2.24) is 5.32 Å². The van der Waals surface area contributed by atoms with E-state index in [1.807, 2.05) is 13.8 Å². The number of Topliss-reactive ketones (excluding diaryl/α,β-unsaturated/α-hetero) is 1. The van der Waals surface area contributed by atoms with Crippen LogP contribution in [0.3, 0.4) is 0 Å². The van der Waals surface area contributed by atoms with Crippen LogP contribution in [0.25, 0.3) is 0 Å². The Morgan fingerprint density at radius 1 is 1.03 bits per heavy atom. The molecule has 0 saturated heterocycles. The number of methoxy groups -OCH3 is 3. The monoisotopic (exact) mass is 497 g/mol. The Hall–Kier alpha value is -3.29. The van der Waals surface area contributed by atoms with Crippen LogP contribution in [0.15, 0.2) is 40.7 Å². The Bertz CT molecular complexity index is 1110. The van der Waals surface area contributed by atoms with E-state index in [9.17, 15) is 14.4 Å². The van der Waals surface area contributed by atoms with Crippen molar-refractivity contribution < 1.29 is 33.3 Å². The highest BCUT2D eigenvalue weighted by Gasteiger charge is 2.48. The molecule has 1 N–H and O–H groups in total. The fourth-order valence-electron chi connectivity index (χ4n) is 5.72. The summed E-state index contributed by atoms with van der Waals surface area (Å²) < 4.78 is 22.0. The SMILES string of the molecule is COC(=O)[C@@H]1C(=O)C2=C(C[C@@H]1C)NC(C)=C(C(=O)OC1CCCCC1)[C@H]2c1ccc(OC)cc1OC. The number of rotatable bonds is 6. The van der Waals surface area contributed by atoms with Gasteiger partial charge in [-0.25, -0.2) is 4.79 Å². The Morgan fingerprint density at radius 2 is 1.75 bits per heavy atom. The molecule has 0 unspecified atom stereocenters. The van der Waals surface area contributed by atoms with Crippen molar-refractivity contribution in [3.05, 3.63) is 46.3 Å². The van der Waals surface area contributed by atoms with E-state index >= 15 is 0 Å². The molecular formula is C28H35NO7. The maximum Gasteiger partial charge on any atom is 0.337 e. The van der Waals surface area contributed by atoms with Gasteiger partial charge in [-0.3, -0.25) is 9.59 Å². The Kier molecular flexibility index (Phi) is 7.71. The average molecular weight is 498 g/mol. The van der Waals surface area contributed by atoms with E-state index < -0.39 is 23.8 Å². The van der Waals surface area contributed by atoms with Crippen LogP contribution < -0.4 is 14.8 Å². The number of benzene rings is 1. The third-order valence-electron chi connectivity index (χ3n) is 7.54. The first-order valence-electron chi connectivity index (χ1n) is 12.6. The lowest BCUT2D eigenvalue weighted by atomic mass is 9.69. The van der Waals surface area contributed by atoms with Crippen LogP contribution in [0, 0.1) is 11.8 Å². The van der Waals surface area contributed by atoms with Gasteiger partial charge in [0, 0.05) is 28.6 Å². The van der Waals surface area contributed by atoms with Gasteiger partial charge in [0.2, 0.25) is 0 Å². The van der Waals surface area contributed by atoms with Gasteiger partial charge >= 0.3 is 11.9 Å². The summed E-state index contributed by atoms with van der Waals surface area (Å²) in [5.74, 6) is -2.27. The summed E-state index contributed by atoms with van der Waals surface area (Å²) >= 11 is 0. The molecule has 0 aromatic heterocycles. The first-order chi connectivity index (χ1) is 17.3. The molecule has 1 fully saturated rings. The molecule has 1 aliphatic heterocycles. The van der Waals surface area contributed by atoms with E-state index in [2.05, 4.69) is 5.32 Å². The molecule has 1 aromatic rings. The number of dihydropyridines is 1. The number of esters is 2. The normalized spacial score (nSPS) is 24.6. The highest BCUT2D eigenvalue weighted by molar-refractivity contribution is 6.12. The largest absolute Gasteiger partial charge is 0.497 e. The topological polar surface area (TPSA) is 100 Å². The summed E-state index contributed by atoms with van der Waals surface area (Å²) in [5.41, 5.74) is 2.72. The quantitative estimate of drug-likeness (QED) is 0.461. The second kappa shape index (κ2) is 10.8. The highest BCUT2D eigenvalue weighted by atomic mass is 16.5. The van der Waals surface area contributed by atoms with Gasteiger partial charge in [0.25, 0.3) is 0 Å². The van der Waals surface area contributed by atoms with Crippen molar-refractivity contribution in [2.24, 2.45) is 11.8 Å². The minimum absolute atomic E-state index is 0.148. The Labute approximate surface area is 212 Å². The van der Waals surface area contributed by atoms with Gasteiger partial charge in [-0.2, -0.15) is 0 Å². The molecule has 3 aliphatic rings. The third-order valence-corrected chi connectivity index (χ3v) is 7.54. The van der Waals surface area contributed by atoms with Crippen LogP contribution in [-0.2, 0) is 23.9 Å². The third kappa shape index (κ3) is 4.73. The molecule has 1 saturated carbocycles. The smallest absolute Gasteiger partial charge is 0.337 e. The zero-order chi connectivity index (χ0) is 26.0. The van der Waals surface area contributed by atoms with Gasteiger partial charge in [0.05, 0.1) is 32.8 Å². The van der Waals surface area contributed by atoms with E-state index in [-0.39, 0.29) is 17.8 Å². The zero-order valence-electron chi connectivity index (χ0n) is 21.6. The van der Waals surface area contributed by atoms with E-state index in [4.69, 9.17) is 18.9 Å². The molecule has 1 aromatic carbocycles. The van der Waals surface area contributed by atoms with Crippen molar-refractivity contribution in [3.63, 3.8) is 0 Å². The summed E-state index contributed by atoms with van der Waals surface area (Å²) in [6, 6.07) is 5.30. The first-order valence-corrected chi connectivity index (χ1v) is 12.6. The van der Waals surface area contributed by atoms with Gasteiger partial charge in [-0.1, -0.05) is 19.4 Å². The summed E-state index contributed by atoms with van der Waals surface area (Å²) in [7, 11) is 4.38. The number of nitrogens with one attached hydrogen (secondary N) is 1. The van der Waals surface area contributed by atoms with Gasteiger partial charge in [-0.15, -0.1) is 0 Å². The fourth-order valence-corrected chi connectivity index (χ4v) is 5.72. The molecule has 0 bridgehead atoms. The number of ether oxygens (including phenoxy) is 4. The maximum atomic E-state index is 13.9. The molecule has 2 aliphatic carbocycles. The highest BCUT2D eigenvalue weighted by Crippen LogP contribution is 2.48. The van der Waals surface area contributed by atoms with Crippen molar-refractivity contribution in [3.8, 4) is 11.5 Å². The molecule has 0 radical (unpaired) electrons. The Balaban J connectivity index is 1.84. The van der Waals surface area contributed by atoms with Crippen LogP contribution in [0.4, 0.5) is 0 Å². The number of hydrogen-bond acceptors (Lipinski definition) is 8. The molecule has 194 valence electrons. The predicted molar refractivity (Wildman–Crippen MR) is 132 cm³/mol. The van der Waals surface area contributed by atoms with Gasteiger partial charge in [0.15, 0.2) is 5.78 Å². The lowest BCUT2D eigenvalue weighted by Crippen LogP contribution is -2.43. The summed E-state index contributed by atoms with van der Waals surface area (Å²) in [6.07, 6.45) is 5.17. The molecule has 36 heavy (non-hydrogen) atoms. The molecule has 4 rings (SSSR count). The van der Waals surface area contributed by atoms with Crippen LogP contribution in [-0.4, -0.2) is 45.2 Å². The lowest BCUT2D eigenvalue weighted by molar-refractivity contribution is -0.151. The summed E-state index contributed by atoms with van der Waals surface area (Å²) in [5, 5.41) is 3.30. The Morgan fingerprint density at radius 3 is 2.39 bits per heavy atom. The van der Waals surface area contributed by atoms with Crippen LogP contribution in [0.2, 0.25) is 0 Å². The molecule has 0 spiro atoms. The zero-order valence-corrected chi connectivity index (χ0v) is 21.6. The van der Waals surface area contributed by atoms with Gasteiger partial charge in [0.1, 0.15) is 23.5 Å². The molecule has 0 amide bonds. The minimum Gasteiger partial charge on any atom is -0.497 e. The molecule has 8 nitrogen and oxygen atoms in total. The summed E-state index contributed by atoms with van der Waals surface area (Å²) in [4.78, 5) is 40.2. The van der Waals surface area contributed by atoms with E-state index in [0.717, 1.165) is 32.1 Å². The number of ketones is 1. The molecule has 1 heterocycles. The van der Waals surface area contributed by atoms with E-state index in [1.165, 1.54) is 14.2 Å². The van der Waals surface area contributed by atoms with Gasteiger partial charge in [-0.05, 0) is 51.0 Å². The van der Waals surface area contributed by atoms with Gasteiger partial charge < -0.3 is 24.3 Å². The van der Waals surface area contributed by atoms with Crippen molar-refractivity contribution >= 4 is 17.7 Å². The van der Waals surface area contributed by atoms with Crippen molar-refractivity contribution in [2.45, 2.75) is 64.4 Å². The van der Waals surface area contributed by atoms with E-state index in [1.54, 1.807) is 25.3 Å².